The standard InChI is InChI=1S/C18H15NO5S2/c1-19-16(21)9-15(17(19)22)26-13-6-3-2-5-11(13)18(23)24-10-12(20)14-7-4-8-25-14/h2-8,15H,9-10H2,1H3. The molecule has 0 radical (unpaired) electrons. The molecule has 134 valence electrons. The number of ketones is 1. The molecule has 1 aromatic carbocycles. The van der Waals surface area contributed by atoms with Crippen LogP contribution in [-0.2, 0) is 14.3 Å². The van der Waals surface area contributed by atoms with Crippen LogP contribution in [0.2, 0.25) is 0 Å². The zero-order valence-electron chi connectivity index (χ0n) is 13.8. The summed E-state index contributed by atoms with van der Waals surface area (Å²) in [5.74, 6) is -1.43. The van der Waals surface area contributed by atoms with Crippen molar-refractivity contribution in [3.05, 3.63) is 52.2 Å². The summed E-state index contributed by atoms with van der Waals surface area (Å²) in [6.07, 6.45) is 0.0975. The lowest BCUT2D eigenvalue weighted by atomic mass is 10.2. The van der Waals surface area contributed by atoms with Crippen molar-refractivity contribution >= 4 is 46.7 Å². The van der Waals surface area contributed by atoms with Crippen LogP contribution in [0.1, 0.15) is 26.5 Å². The average Bonchev–Trinajstić information content (AvgIpc) is 3.26. The summed E-state index contributed by atoms with van der Waals surface area (Å²) in [6.45, 7) is -0.345. The fraction of sp³-hybridized carbons (Fsp3) is 0.222. The molecular weight excluding hydrogens is 374 g/mol. The lowest BCUT2D eigenvalue weighted by Gasteiger charge is -2.12. The van der Waals surface area contributed by atoms with Gasteiger partial charge in [0.2, 0.25) is 17.6 Å². The van der Waals surface area contributed by atoms with E-state index in [1.165, 1.54) is 18.4 Å². The van der Waals surface area contributed by atoms with E-state index in [1.54, 1.807) is 41.8 Å². The van der Waals surface area contributed by atoms with Crippen LogP contribution in [0.5, 0.6) is 0 Å². The Morgan fingerprint density at radius 1 is 1.23 bits per heavy atom. The van der Waals surface area contributed by atoms with E-state index in [1.807, 2.05) is 0 Å². The zero-order valence-corrected chi connectivity index (χ0v) is 15.5. The van der Waals surface area contributed by atoms with Gasteiger partial charge in [0.05, 0.1) is 15.7 Å². The topological polar surface area (TPSA) is 80.8 Å². The zero-order chi connectivity index (χ0) is 18.7. The van der Waals surface area contributed by atoms with Crippen LogP contribution >= 0.6 is 23.1 Å². The number of carbonyl (C=O) groups is 4. The van der Waals surface area contributed by atoms with E-state index in [-0.39, 0.29) is 36.2 Å². The minimum atomic E-state index is -0.636. The van der Waals surface area contributed by atoms with E-state index >= 15 is 0 Å². The molecule has 26 heavy (non-hydrogen) atoms. The van der Waals surface area contributed by atoms with Crippen LogP contribution < -0.4 is 0 Å². The second kappa shape index (κ2) is 7.84. The van der Waals surface area contributed by atoms with Gasteiger partial charge in [0.25, 0.3) is 0 Å². The van der Waals surface area contributed by atoms with Gasteiger partial charge in [-0.1, -0.05) is 18.2 Å². The van der Waals surface area contributed by atoms with Crippen molar-refractivity contribution in [2.75, 3.05) is 13.7 Å². The quantitative estimate of drug-likeness (QED) is 0.429. The third kappa shape index (κ3) is 3.86. The Balaban J connectivity index is 1.68. The van der Waals surface area contributed by atoms with Crippen molar-refractivity contribution in [3.63, 3.8) is 0 Å². The number of ether oxygens (including phenoxy) is 1. The van der Waals surface area contributed by atoms with Gasteiger partial charge >= 0.3 is 5.97 Å². The maximum Gasteiger partial charge on any atom is 0.339 e. The number of esters is 1. The van der Waals surface area contributed by atoms with Gasteiger partial charge in [-0.2, -0.15) is 0 Å². The highest BCUT2D eigenvalue weighted by Gasteiger charge is 2.37. The first-order valence-corrected chi connectivity index (χ1v) is 9.53. The van der Waals surface area contributed by atoms with Crippen molar-refractivity contribution in [1.82, 2.24) is 4.90 Å². The number of nitrogens with zero attached hydrogens (tertiary/aromatic N) is 1. The van der Waals surface area contributed by atoms with Crippen molar-refractivity contribution in [3.8, 4) is 0 Å². The number of amides is 2. The first-order valence-electron chi connectivity index (χ1n) is 7.77. The summed E-state index contributed by atoms with van der Waals surface area (Å²) in [5, 5.41) is 1.21. The number of likely N-dealkylation sites (tertiary alicyclic amines) is 1. The van der Waals surface area contributed by atoms with E-state index in [0.717, 1.165) is 16.7 Å². The third-order valence-electron chi connectivity index (χ3n) is 3.85. The lowest BCUT2D eigenvalue weighted by Crippen LogP contribution is -2.26. The molecule has 0 aliphatic carbocycles. The summed E-state index contributed by atoms with van der Waals surface area (Å²) in [5.41, 5.74) is 0.270. The van der Waals surface area contributed by atoms with Crippen LogP contribution in [0.3, 0.4) is 0 Å². The number of hydrogen-bond donors (Lipinski definition) is 0. The molecule has 3 rings (SSSR count). The molecule has 1 saturated heterocycles. The van der Waals surface area contributed by atoms with Gasteiger partial charge in [0.1, 0.15) is 0 Å². The number of benzene rings is 1. The summed E-state index contributed by atoms with van der Waals surface area (Å²) < 4.78 is 5.13. The molecule has 2 aromatic rings. The fourth-order valence-corrected chi connectivity index (χ4v) is 4.30. The molecule has 2 amide bonds. The highest BCUT2D eigenvalue weighted by molar-refractivity contribution is 8.00. The van der Waals surface area contributed by atoms with Crippen molar-refractivity contribution in [2.24, 2.45) is 0 Å². The van der Waals surface area contributed by atoms with Crippen molar-refractivity contribution in [1.29, 1.82) is 0 Å². The highest BCUT2D eigenvalue weighted by Crippen LogP contribution is 2.33. The lowest BCUT2D eigenvalue weighted by molar-refractivity contribution is -0.136. The SMILES string of the molecule is CN1C(=O)CC(Sc2ccccc2C(=O)OCC(=O)c2cccs2)C1=O. The molecule has 1 fully saturated rings. The predicted octanol–water partition coefficient (Wildman–Crippen LogP) is 2.64. The number of thiophene rings is 1. The van der Waals surface area contributed by atoms with E-state index in [2.05, 4.69) is 0 Å². The van der Waals surface area contributed by atoms with Crippen LogP contribution in [0, 0.1) is 0 Å². The first kappa shape index (κ1) is 18.3. The molecule has 1 aromatic heterocycles. The minimum absolute atomic E-state index is 0.0975. The van der Waals surface area contributed by atoms with Crippen LogP contribution in [-0.4, -0.2) is 47.4 Å². The van der Waals surface area contributed by atoms with Gasteiger partial charge < -0.3 is 4.74 Å². The van der Waals surface area contributed by atoms with E-state index < -0.39 is 11.2 Å². The molecule has 1 aliphatic rings. The Bertz CT molecular complexity index is 862. The van der Waals surface area contributed by atoms with Gasteiger partial charge in [-0.25, -0.2) is 4.79 Å². The summed E-state index contributed by atoms with van der Waals surface area (Å²) in [7, 11) is 1.45. The van der Waals surface area contributed by atoms with Gasteiger partial charge in [0.15, 0.2) is 6.61 Å². The van der Waals surface area contributed by atoms with Gasteiger partial charge in [-0.3, -0.25) is 19.3 Å². The average molecular weight is 389 g/mol. The maximum atomic E-state index is 12.4. The van der Waals surface area contributed by atoms with Crippen LogP contribution in [0.25, 0.3) is 0 Å². The number of hydrogen-bond acceptors (Lipinski definition) is 7. The second-order valence-corrected chi connectivity index (χ2v) is 7.77. The minimum Gasteiger partial charge on any atom is -0.454 e. The number of rotatable bonds is 6. The Kier molecular flexibility index (Phi) is 5.53. The Labute approximate surface area is 158 Å². The van der Waals surface area contributed by atoms with Gasteiger partial charge in [-0.05, 0) is 23.6 Å². The molecule has 1 aliphatic heterocycles. The van der Waals surface area contributed by atoms with E-state index in [4.69, 9.17) is 4.74 Å². The molecular formula is C18H15NO5S2. The second-order valence-electron chi connectivity index (χ2n) is 5.57. The monoisotopic (exact) mass is 389 g/mol. The van der Waals surface area contributed by atoms with Crippen LogP contribution in [0.15, 0.2) is 46.7 Å². The highest BCUT2D eigenvalue weighted by atomic mass is 32.2. The molecule has 0 bridgehead atoms. The van der Waals surface area contributed by atoms with E-state index in [0.29, 0.717) is 9.77 Å². The normalized spacial score (nSPS) is 16.8. The van der Waals surface area contributed by atoms with Crippen molar-refractivity contribution < 1.29 is 23.9 Å². The summed E-state index contributed by atoms with van der Waals surface area (Å²) >= 11 is 2.44. The number of imide groups is 1. The van der Waals surface area contributed by atoms with Crippen LogP contribution in [0.4, 0.5) is 0 Å². The molecule has 8 heteroatoms. The first-order chi connectivity index (χ1) is 12.5. The fourth-order valence-electron chi connectivity index (χ4n) is 2.42. The number of Topliss-reactive ketones (excluding diaryl/α,β-unsaturated/α-hetero) is 1. The van der Waals surface area contributed by atoms with E-state index in [9.17, 15) is 19.2 Å². The Hall–Kier alpha value is -2.45. The number of thioether (sulfide) groups is 1. The Morgan fingerprint density at radius 2 is 2.00 bits per heavy atom. The summed E-state index contributed by atoms with van der Waals surface area (Å²) in [4.78, 5) is 50.2. The predicted molar refractivity (Wildman–Crippen MR) is 97.4 cm³/mol. The largest absolute Gasteiger partial charge is 0.454 e. The maximum absolute atomic E-state index is 12.4. The molecule has 1 atom stereocenters. The number of carbonyl (C=O) groups excluding carboxylic acids is 4. The third-order valence-corrected chi connectivity index (χ3v) is 6.02. The molecule has 1 unspecified atom stereocenters. The van der Waals surface area contributed by atoms with Crippen molar-refractivity contribution in [2.45, 2.75) is 16.6 Å². The molecule has 0 N–H and O–H groups in total. The smallest absolute Gasteiger partial charge is 0.339 e. The molecule has 6 nitrogen and oxygen atoms in total. The van der Waals surface area contributed by atoms with Gasteiger partial charge in [0, 0.05) is 18.4 Å². The molecule has 0 saturated carbocycles. The molecule has 0 spiro atoms. The summed E-state index contributed by atoms with van der Waals surface area (Å²) in [6, 6.07) is 10.1. The molecule has 2 heterocycles. The van der Waals surface area contributed by atoms with Gasteiger partial charge in [-0.15, -0.1) is 23.1 Å². The Morgan fingerprint density at radius 3 is 2.65 bits per heavy atom.